The monoisotopic (exact) mass is 277 g/mol. The Kier molecular flexibility index (Phi) is 3.73. The number of para-hydroxylation sites is 1. The van der Waals surface area contributed by atoms with Crippen LogP contribution < -0.4 is 11.1 Å². The molecule has 0 aliphatic carbocycles. The molecule has 0 aliphatic rings. The summed E-state index contributed by atoms with van der Waals surface area (Å²) < 4.78 is 0. The van der Waals surface area contributed by atoms with Gasteiger partial charge in [-0.1, -0.05) is 55.5 Å². The highest BCUT2D eigenvalue weighted by atomic mass is 14.9. The van der Waals surface area contributed by atoms with E-state index in [1.165, 1.54) is 5.56 Å². The number of hydrogen-bond acceptors (Lipinski definition) is 3. The molecule has 0 spiro atoms. The molecule has 21 heavy (non-hydrogen) atoms. The summed E-state index contributed by atoms with van der Waals surface area (Å²) >= 11 is 0. The number of nitrogen functional groups attached to an aromatic ring is 1. The summed E-state index contributed by atoms with van der Waals surface area (Å²) in [6, 6.07) is 18.7. The van der Waals surface area contributed by atoms with Crippen molar-refractivity contribution in [1.29, 1.82) is 0 Å². The maximum atomic E-state index is 6.14. The van der Waals surface area contributed by atoms with Gasteiger partial charge in [0.15, 0.2) is 0 Å². The Morgan fingerprint density at radius 2 is 1.76 bits per heavy atom. The molecule has 3 aromatic rings. The number of nitrogens with two attached hydrogens (primary N) is 1. The lowest BCUT2D eigenvalue weighted by Crippen LogP contribution is -2.11. The van der Waals surface area contributed by atoms with Gasteiger partial charge in [-0.15, -0.1) is 0 Å². The molecule has 0 saturated carbocycles. The van der Waals surface area contributed by atoms with Gasteiger partial charge < -0.3 is 11.1 Å². The van der Waals surface area contributed by atoms with Crippen LogP contribution in [0.3, 0.4) is 0 Å². The van der Waals surface area contributed by atoms with Gasteiger partial charge in [-0.05, 0) is 18.1 Å². The van der Waals surface area contributed by atoms with Crippen LogP contribution in [0.2, 0.25) is 0 Å². The van der Waals surface area contributed by atoms with Gasteiger partial charge in [-0.2, -0.15) is 0 Å². The Hall–Kier alpha value is -2.55. The van der Waals surface area contributed by atoms with Crippen molar-refractivity contribution < 1.29 is 0 Å². The van der Waals surface area contributed by atoms with E-state index in [0.717, 1.165) is 23.0 Å². The summed E-state index contributed by atoms with van der Waals surface area (Å²) in [7, 11) is 0. The minimum Gasteiger partial charge on any atom is -0.396 e. The molecule has 106 valence electrons. The van der Waals surface area contributed by atoms with E-state index in [0.29, 0.717) is 5.69 Å². The number of benzene rings is 2. The number of nitrogens with zero attached hydrogens (tertiary/aromatic N) is 1. The predicted molar refractivity (Wildman–Crippen MR) is 89.3 cm³/mol. The molecule has 1 atom stereocenters. The van der Waals surface area contributed by atoms with Gasteiger partial charge in [0.25, 0.3) is 0 Å². The van der Waals surface area contributed by atoms with Gasteiger partial charge >= 0.3 is 0 Å². The van der Waals surface area contributed by atoms with Gasteiger partial charge in [-0.3, -0.25) is 4.98 Å². The van der Waals surface area contributed by atoms with E-state index in [2.05, 4.69) is 47.6 Å². The van der Waals surface area contributed by atoms with Crippen molar-refractivity contribution in [2.45, 2.75) is 19.4 Å². The molecule has 2 aromatic carbocycles. The first kappa shape index (κ1) is 13.4. The van der Waals surface area contributed by atoms with Crippen molar-refractivity contribution in [3.63, 3.8) is 0 Å². The largest absolute Gasteiger partial charge is 0.396 e. The molecule has 3 rings (SSSR count). The van der Waals surface area contributed by atoms with Crippen LogP contribution in [0.1, 0.15) is 24.9 Å². The summed E-state index contributed by atoms with van der Waals surface area (Å²) in [5.74, 6) is 0. The maximum absolute atomic E-state index is 6.14. The quantitative estimate of drug-likeness (QED) is 0.744. The van der Waals surface area contributed by atoms with Gasteiger partial charge in [0, 0.05) is 5.39 Å². The van der Waals surface area contributed by atoms with E-state index in [-0.39, 0.29) is 6.04 Å². The maximum Gasteiger partial charge on any atom is 0.0743 e. The Labute approximate surface area is 124 Å². The normalized spacial score (nSPS) is 12.2. The van der Waals surface area contributed by atoms with Crippen molar-refractivity contribution in [1.82, 2.24) is 4.98 Å². The van der Waals surface area contributed by atoms with E-state index in [1.54, 1.807) is 6.20 Å². The number of hydrogen-bond donors (Lipinski definition) is 2. The summed E-state index contributed by atoms with van der Waals surface area (Å²) in [4.78, 5) is 4.38. The molecule has 1 unspecified atom stereocenters. The molecular weight excluding hydrogens is 258 g/mol. The molecule has 1 heterocycles. The van der Waals surface area contributed by atoms with Crippen LogP contribution in [-0.2, 0) is 0 Å². The third-order valence-electron chi connectivity index (χ3n) is 3.73. The van der Waals surface area contributed by atoms with Crippen molar-refractivity contribution in [2.24, 2.45) is 0 Å². The van der Waals surface area contributed by atoms with Gasteiger partial charge in [0.1, 0.15) is 0 Å². The molecule has 0 bridgehead atoms. The lowest BCUT2D eigenvalue weighted by atomic mass is 10.0. The first-order valence-electron chi connectivity index (χ1n) is 7.24. The Bertz CT molecular complexity index is 738. The van der Waals surface area contributed by atoms with Gasteiger partial charge in [0.2, 0.25) is 0 Å². The molecule has 0 fully saturated rings. The molecular formula is C18H19N3. The summed E-state index contributed by atoms with van der Waals surface area (Å²) in [5.41, 5.74) is 10.0. The van der Waals surface area contributed by atoms with E-state index < -0.39 is 0 Å². The number of anilines is 2. The first-order valence-corrected chi connectivity index (χ1v) is 7.24. The van der Waals surface area contributed by atoms with Crippen molar-refractivity contribution >= 4 is 22.3 Å². The molecule has 0 radical (unpaired) electrons. The minimum atomic E-state index is 0.235. The average Bonchev–Trinajstić information content (AvgIpc) is 2.55. The van der Waals surface area contributed by atoms with Crippen LogP contribution in [0.15, 0.2) is 60.8 Å². The molecule has 3 heteroatoms. The fourth-order valence-corrected chi connectivity index (χ4v) is 2.60. The number of fused-ring (bicyclic) bond motifs is 1. The van der Waals surface area contributed by atoms with E-state index >= 15 is 0 Å². The standard InChI is InChI=1S/C18H19N3/c1-2-16(13-8-4-3-5-9-13)21-18-14-10-6-7-11-17(14)20-12-15(18)19/h3-12,16H,2,19H2,1H3,(H,20,21). The predicted octanol–water partition coefficient (Wildman–Crippen LogP) is 4.38. The first-order chi connectivity index (χ1) is 10.3. The molecule has 0 amide bonds. The molecule has 0 saturated heterocycles. The lowest BCUT2D eigenvalue weighted by Gasteiger charge is -2.21. The number of rotatable bonds is 4. The third-order valence-corrected chi connectivity index (χ3v) is 3.73. The summed E-state index contributed by atoms with van der Waals surface area (Å²) in [5, 5.41) is 4.65. The van der Waals surface area contributed by atoms with Gasteiger partial charge in [0.05, 0.1) is 29.1 Å². The van der Waals surface area contributed by atoms with Crippen LogP contribution in [0.5, 0.6) is 0 Å². The second kappa shape index (κ2) is 5.83. The highest BCUT2D eigenvalue weighted by Crippen LogP contribution is 2.32. The minimum absolute atomic E-state index is 0.235. The van der Waals surface area contributed by atoms with Crippen molar-refractivity contribution in [3.8, 4) is 0 Å². The summed E-state index contributed by atoms with van der Waals surface area (Å²) in [6.07, 6.45) is 2.71. The fourth-order valence-electron chi connectivity index (χ4n) is 2.60. The fraction of sp³-hybridized carbons (Fsp3) is 0.167. The number of nitrogens with one attached hydrogen (secondary N) is 1. The van der Waals surface area contributed by atoms with Crippen LogP contribution in [0.4, 0.5) is 11.4 Å². The molecule has 0 aliphatic heterocycles. The number of aromatic nitrogens is 1. The topological polar surface area (TPSA) is 50.9 Å². The van der Waals surface area contributed by atoms with E-state index in [9.17, 15) is 0 Å². The van der Waals surface area contributed by atoms with Crippen molar-refractivity contribution in [3.05, 3.63) is 66.4 Å². The smallest absolute Gasteiger partial charge is 0.0743 e. The highest BCUT2D eigenvalue weighted by molar-refractivity contribution is 5.97. The Morgan fingerprint density at radius 1 is 1.05 bits per heavy atom. The zero-order chi connectivity index (χ0) is 14.7. The van der Waals surface area contributed by atoms with Crippen molar-refractivity contribution in [2.75, 3.05) is 11.1 Å². The molecule has 3 N–H and O–H groups in total. The Morgan fingerprint density at radius 3 is 2.52 bits per heavy atom. The van der Waals surface area contributed by atoms with Gasteiger partial charge in [-0.25, -0.2) is 0 Å². The SMILES string of the molecule is CCC(Nc1c(N)cnc2ccccc12)c1ccccc1. The van der Waals surface area contributed by atoms with Crippen LogP contribution >= 0.6 is 0 Å². The molecule has 1 aromatic heterocycles. The number of pyridine rings is 1. The van der Waals surface area contributed by atoms with Crippen LogP contribution in [0.25, 0.3) is 10.9 Å². The van der Waals surface area contributed by atoms with E-state index in [4.69, 9.17) is 5.73 Å². The Balaban J connectivity index is 2.02. The van der Waals surface area contributed by atoms with E-state index in [1.807, 2.05) is 24.3 Å². The highest BCUT2D eigenvalue weighted by Gasteiger charge is 2.13. The second-order valence-electron chi connectivity index (χ2n) is 5.12. The zero-order valence-corrected chi connectivity index (χ0v) is 12.1. The summed E-state index contributed by atoms with van der Waals surface area (Å²) in [6.45, 7) is 2.17. The lowest BCUT2D eigenvalue weighted by molar-refractivity contribution is 0.751. The zero-order valence-electron chi connectivity index (χ0n) is 12.1. The second-order valence-corrected chi connectivity index (χ2v) is 5.12. The van der Waals surface area contributed by atoms with Crippen LogP contribution in [-0.4, -0.2) is 4.98 Å². The van der Waals surface area contributed by atoms with Crippen LogP contribution in [0, 0.1) is 0 Å². The average molecular weight is 277 g/mol. The molecule has 3 nitrogen and oxygen atoms in total. The third kappa shape index (κ3) is 2.68.